The number of nitrogens with zero attached hydrogens (tertiary/aromatic N) is 1. The van der Waals surface area contributed by atoms with Crippen molar-refractivity contribution in [2.24, 2.45) is 5.10 Å². The summed E-state index contributed by atoms with van der Waals surface area (Å²) in [4.78, 5) is 11.6. The molecule has 118 valence electrons. The summed E-state index contributed by atoms with van der Waals surface area (Å²) in [5.74, 6) is 0.200. The number of amides is 1. The summed E-state index contributed by atoms with van der Waals surface area (Å²) in [5, 5.41) is 4.46. The first-order valence-electron chi connectivity index (χ1n) is 7.07. The van der Waals surface area contributed by atoms with Crippen molar-refractivity contribution in [1.82, 2.24) is 5.43 Å². The Bertz CT molecular complexity index is 712. The molecule has 2 aromatic rings. The molecule has 0 aromatic heterocycles. The lowest BCUT2D eigenvalue weighted by atomic mass is 10.1. The van der Waals surface area contributed by atoms with Gasteiger partial charge in [0.25, 0.3) is 5.91 Å². The van der Waals surface area contributed by atoms with Crippen molar-refractivity contribution in [3.63, 3.8) is 0 Å². The van der Waals surface area contributed by atoms with Crippen molar-refractivity contribution in [2.75, 3.05) is 6.61 Å². The van der Waals surface area contributed by atoms with E-state index in [1.807, 2.05) is 43.3 Å². The van der Waals surface area contributed by atoms with Gasteiger partial charge in [-0.2, -0.15) is 5.10 Å². The molecule has 4 nitrogen and oxygen atoms in total. The van der Waals surface area contributed by atoms with Crippen LogP contribution in [0.2, 0.25) is 5.02 Å². The molecule has 0 saturated carbocycles. The van der Waals surface area contributed by atoms with Gasteiger partial charge in [-0.05, 0) is 36.3 Å². The molecular weight excluding hydrogens is 312 g/mol. The highest BCUT2D eigenvalue weighted by Crippen LogP contribution is 2.16. The SMILES string of the molecule is C/C(C=NNC(=O)COc1cccc(Cl)c1)=C\c1ccccc1. The molecule has 5 heteroatoms. The normalized spacial score (nSPS) is 11.5. The summed E-state index contributed by atoms with van der Waals surface area (Å²) in [6.45, 7) is 1.78. The fraction of sp³-hybridized carbons (Fsp3) is 0.111. The van der Waals surface area contributed by atoms with Crippen molar-refractivity contribution in [3.8, 4) is 5.75 Å². The van der Waals surface area contributed by atoms with Gasteiger partial charge < -0.3 is 4.74 Å². The molecule has 0 aliphatic heterocycles. The van der Waals surface area contributed by atoms with Crippen LogP contribution in [0, 0.1) is 0 Å². The smallest absolute Gasteiger partial charge is 0.277 e. The van der Waals surface area contributed by atoms with Gasteiger partial charge in [0.1, 0.15) is 5.75 Å². The number of carbonyl (C=O) groups is 1. The molecule has 0 fully saturated rings. The van der Waals surface area contributed by atoms with E-state index in [-0.39, 0.29) is 12.5 Å². The number of allylic oxidation sites excluding steroid dienone is 1. The highest BCUT2D eigenvalue weighted by molar-refractivity contribution is 6.30. The first-order valence-corrected chi connectivity index (χ1v) is 7.45. The molecule has 23 heavy (non-hydrogen) atoms. The van der Waals surface area contributed by atoms with Gasteiger partial charge in [-0.3, -0.25) is 4.79 Å². The van der Waals surface area contributed by atoms with Crippen molar-refractivity contribution in [1.29, 1.82) is 0 Å². The zero-order valence-electron chi connectivity index (χ0n) is 12.7. The first-order chi connectivity index (χ1) is 11.1. The van der Waals surface area contributed by atoms with Crippen LogP contribution in [0.3, 0.4) is 0 Å². The fourth-order valence-electron chi connectivity index (χ4n) is 1.79. The Kier molecular flexibility index (Phi) is 6.39. The average Bonchev–Trinajstić information content (AvgIpc) is 2.54. The largest absolute Gasteiger partial charge is 0.484 e. The Hall–Kier alpha value is -2.59. The third kappa shape index (κ3) is 6.36. The number of rotatable bonds is 6. The minimum absolute atomic E-state index is 0.126. The Morgan fingerprint density at radius 2 is 2.00 bits per heavy atom. The fourth-order valence-corrected chi connectivity index (χ4v) is 1.97. The molecule has 0 spiro atoms. The van der Waals surface area contributed by atoms with Gasteiger partial charge in [0.05, 0.1) is 6.21 Å². The third-order valence-corrected chi connectivity index (χ3v) is 3.05. The van der Waals surface area contributed by atoms with Crippen LogP contribution in [0.5, 0.6) is 5.75 Å². The molecule has 0 heterocycles. The van der Waals surface area contributed by atoms with Crippen LogP contribution in [0.15, 0.2) is 65.3 Å². The second-order valence-corrected chi connectivity index (χ2v) is 5.27. The summed E-state index contributed by atoms with van der Waals surface area (Å²) >= 11 is 5.83. The minimum atomic E-state index is -0.339. The second-order valence-electron chi connectivity index (χ2n) is 4.84. The van der Waals surface area contributed by atoms with Gasteiger partial charge in [0.15, 0.2) is 6.61 Å². The van der Waals surface area contributed by atoms with E-state index in [0.717, 1.165) is 11.1 Å². The lowest BCUT2D eigenvalue weighted by Crippen LogP contribution is -2.24. The van der Waals surface area contributed by atoms with Crippen LogP contribution in [0.25, 0.3) is 6.08 Å². The monoisotopic (exact) mass is 328 g/mol. The molecule has 1 amide bonds. The number of hydrogen-bond donors (Lipinski definition) is 1. The molecule has 0 aliphatic carbocycles. The zero-order valence-corrected chi connectivity index (χ0v) is 13.5. The van der Waals surface area contributed by atoms with Crippen molar-refractivity contribution in [3.05, 3.63) is 70.8 Å². The predicted octanol–water partition coefficient (Wildman–Crippen LogP) is 3.92. The molecule has 0 unspecified atom stereocenters. The van der Waals surface area contributed by atoms with Crippen molar-refractivity contribution >= 4 is 29.8 Å². The van der Waals surface area contributed by atoms with Crippen LogP contribution >= 0.6 is 11.6 Å². The summed E-state index contributed by atoms with van der Waals surface area (Å²) in [6, 6.07) is 16.7. The molecule has 1 N–H and O–H groups in total. The van der Waals surface area contributed by atoms with E-state index in [1.54, 1.807) is 30.5 Å². The number of carbonyl (C=O) groups excluding carboxylic acids is 1. The van der Waals surface area contributed by atoms with Gasteiger partial charge in [-0.1, -0.05) is 54.1 Å². The Morgan fingerprint density at radius 3 is 2.74 bits per heavy atom. The molecule has 2 rings (SSSR count). The predicted molar refractivity (Wildman–Crippen MR) is 93.7 cm³/mol. The highest BCUT2D eigenvalue weighted by atomic mass is 35.5. The number of nitrogens with one attached hydrogen (secondary N) is 1. The molecule has 0 atom stereocenters. The number of hydrazone groups is 1. The molecule has 0 radical (unpaired) electrons. The maximum Gasteiger partial charge on any atom is 0.277 e. The van der Waals surface area contributed by atoms with E-state index < -0.39 is 0 Å². The summed E-state index contributed by atoms with van der Waals surface area (Å²) in [7, 11) is 0. The van der Waals surface area contributed by atoms with E-state index in [9.17, 15) is 4.79 Å². The number of ether oxygens (including phenoxy) is 1. The molecular formula is C18H17ClN2O2. The highest BCUT2D eigenvalue weighted by Gasteiger charge is 2.01. The van der Waals surface area contributed by atoms with E-state index in [1.165, 1.54) is 0 Å². The number of halogens is 1. The molecule has 2 aromatic carbocycles. The second kappa shape index (κ2) is 8.76. The Balaban J connectivity index is 1.78. The van der Waals surface area contributed by atoms with Gasteiger partial charge in [0.2, 0.25) is 0 Å². The summed E-state index contributed by atoms with van der Waals surface area (Å²) < 4.78 is 5.32. The van der Waals surface area contributed by atoms with Gasteiger partial charge in [-0.25, -0.2) is 5.43 Å². The topological polar surface area (TPSA) is 50.7 Å². The van der Waals surface area contributed by atoms with Crippen LogP contribution in [0.1, 0.15) is 12.5 Å². The standard InChI is InChI=1S/C18H17ClN2O2/c1-14(10-15-6-3-2-4-7-15)12-20-21-18(22)13-23-17-9-5-8-16(19)11-17/h2-12H,13H2,1H3,(H,21,22)/b14-10+,20-12?. The van der Waals surface area contributed by atoms with E-state index in [4.69, 9.17) is 16.3 Å². The van der Waals surface area contributed by atoms with Crippen LogP contribution in [-0.4, -0.2) is 18.7 Å². The quantitative estimate of drug-likeness (QED) is 0.645. The lowest BCUT2D eigenvalue weighted by Gasteiger charge is -2.04. The average molecular weight is 329 g/mol. The van der Waals surface area contributed by atoms with Gasteiger partial charge in [-0.15, -0.1) is 0 Å². The van der Waals surface area contributed by atoms with E-state index in [0.29, 0.717) is 10.8 Å². The Labute approximate surface area is 140 Å². The van der Waals surface area contributed by atoms with E-state index >= 15 is 0 Å². The first kappa shape index (κ1) is 16.8. The van der Waals surface area contributed by atoms with Crippen LogP contribution in [0.4, 0.5) is 0 Å². The molecule has 0 saturated heterocycles. The number of hydrogen-bond acceptors (Lipinski definition) is 3. The minimum Gasteiger partial charge on any atom is -0.484 e. The van der Waals surface area contributed by atoms with Gasteiger partial charge >= 0.3 is 0 Å². The molecule has 0 bridgehead atoms. The maximum atomic E-state index is 11.6. The lowest BCUT2D eigenvalue weighted by molar-refractivity contribution is -0.123. The summed E-state index contributed by atoms with van der Waals surface area (Å²) in [6.07, 6.45) is 3.56. The zero-order chi connectivity index (χ0) is 16.5. The maximum absolute atomic E-state index is 11.6. The molecule has 0 aliphatic rings. The van der Waals surface area contributed by atoms with E-state index in [2.05, 4.69) is 10.5 Å². The van der Waals surface area contributed by atoms with Crippen LogP contribution < -0.4 is 10.2 Å². The van der Waals surface area contributed by atoms with Crippen LogP contribution in [-0.2, 0) is 4.79 Å². The van der Waals surface area contributed by atoms with Crippen molar-refractivity contribution in [2.45, 2.75) is 6.92 Å². The van der Waals surface area contributed by atoms with Gasteiger partial charge in [0, 0.05) is 5.02 Å². The Morgan fingerprint density at radius 1 is 1.22 bits per heavy atom. The summed E-state index contributed by atoms with van der Waals surface area (Å²) in [5.41, 5.74) is 4.42. The third-order valence-electron chi connectivity index (χ3n) is 2.82. The number of benzene rings is 2. The van der Waals surface area contributed by atoms with Crippen molar-refractivity contribution < 1.29 is 9.53 Å².